The van der Waals surface area contributed by atoms with Gasteiger partial charge in [-0.2, -0.15) is 0 Å². The Bertz CT molecular complexity index is 623. The molecule has 0 radical (unpaired) electrons. The number of Topliss-reactive ketones (excluding diaryl/α,β-unsaturated/α-hetero) is 1. The van der Waals surface area contributed by atoms with E-state index in [1.807, 2.05) is 12.1 Å². The van der Waals surface area contributed by atoms with Crippen molar-refractivity contribution in [1.29, 1.82) is 0 Å². The van der Waals surface area contributed by atoms with E-state index in [1.165, 1.54) is 16.7 Å². The zero-order valence-electron chi connectivity index (χ0n) is 11.4. The van der Waals surface area contributed by atoms with Crippen molar-refractivity contribution in [3.05, 3.63) is 70.3 Å². The molecule has 0 saturated heterocycles. The molecule has 0 saturated carbocycles. The number of carbonyl (C=O) groups is 1. The minimum Gasteiger partial charge on any atom is -0.293 e. The van der Waals surface area contributed by atoms with Gasteiger partial charge in [-0.05, 0) is 37.8 Å². The topological polar surface area (TPSA) is 17.1 Å². The van der Waals surface area contributed by atoms with Crippen LogP contribution in [0.1, 0.15) is 45.0 Å². The van der Waals surface area contributed by atoms with Gasteiger partial charge in [0.25, 0.3) is 0 Å². The Balaban J connectivity index is 1.97. The molecule has 19 heavy (non-hydrogen) atoms. The highest BCUT2D eigenvalue weighted by Gasteiger charge is 2.28. The Morgan fingerprint density at radius 3 is 2.37 bits per heavy atom. The van der Waals surface area contributed by atoms with Gasteiger partial charge >= 0.3 is 0 Å². The van der Waals surface area contributed by atoms with Crippen molar-refractivity contribution in [2.75, 3.05) is 0 Å². The van der Waals surface area contributed by atoms with E-state index >= 15 is 0 Å². The third kappa shape index (κ3) is 2.21. The molecule has 2 aromatic rings. The molecule has 1 aliphatic rings. The van der Waals surface area contributed by atoms with Gasteiger partial charge < -0.3 is 0 Å². The van der Waals surface area contributed by atoms with E-state index in [9.17, 15) is 4.79 Å². The predicted molar refractivity (Wildman–Crippen MR) is 77.8 cm³/mol. The summed E-state index contributed by atoms with van der Waals surface area (Å²) in [7, 11) is 0. The van der Waals surface area contributed by atoms with Gasteiger partial charge in [0.05, 0.1) is 0 Å². The van der Waals surface area contributed by atoms with Crippen LogP contribution in [0.25, 0.3) is 0 Å². The van der Waals surface area contributed by atoms with Gasteiger partial charge in [-0.15, -0.1) is 0 Å². The van der Waals surface area contributed by atoms with Gasteiger partial charge in [0.1, 0.15) is 0 Å². The van der Waals surface area contributed by atoms with Crippen LogP contribution >= 0.6 is 0 Å². The van der Waals surface area contributed by atoms with Gasteiger partial charge in [0, 0.05) is 11.5 Å². The second-order valence-corrected chi connectivity index (χ2v) is 5.53. The molecule has 0 heterocycles. The van der Waals surface area contributed by atoms with Gasteiger partial charge in [0.15, 0.2) is 5.78 Å². The molecule has 0 aliphatic heterocycles. The Morgan fingerprint density at radius 2 is 1.63 bits per heavy atom. The van der Waals surface area contributed by atoms with E-state index in [0.29, 0.717) is 0 Å². The van der Waals surface area contributed by atoms with Gasteiger partial charge in [-0.25, -0.2) is 0 Å². The third-order valence-corrected chi connectivity index (χ3v) is 4.02. The molecular formula is C18H18O. The summed E-state index contributed by atoms with van der Waals surface area (Å²) < 4.78 is 0. The standard InChI is InChI=1S/C18H18O/c1-12-3-6-14(7-4-12)16-10-8-15-11-13(2)5-9-17(15)18(16)19/h3-7,9,11,16H,8,10H2,1-2H3. The van der Waals surface area contributed by atoms with Crippen molar-refractivity contribution in [3.63, 3.8) is 0 Å². The number of hydrogen-bond donors (Lipinski definition) is 0. The minimum absolute atomic E-state index is 0.0378. The predicted octanol–water partition coefficient (Wildman–Crippen LogP) is 4.22. The smallest absolute Gasteiger partial charge is 0.170 e. The number of aryl methyl sites for hydroxylation is 3. The van der Waals surface area contributed by atoms with Crippen LogP contribution in [0.5, 0.6) is 0 Å². The normalized spacial score (nSPS) is 18.2. The Hall–Kier alpha value is -1.89. The highest BCUT2D eigenvalue weighted by molar-refractivity contribution is 6.03. The maximum atomic E-state index is 12.6. The zero-order chi connectivity index (χ0) is 13.4. The van der Waals surface area contributed by atoms with Crippen molar-refractivity contribution in [2.45, 2.75) is 32.6 Å². The SMILES string of the molecule is Cc1ccc(C2CCc3cc(C)ccc3C2=O)cc1. The lowest BCUT2D eigenvalue weighted by molar-refractivity contribution is 0.0946. The van der Waals surface area contributed by atoms with E-state index in [4.69, 9.17) is 0 Å². The summed E-state index contributed by atoms with van der Waals surface area (Å²) >= 11 is 0. The average molecular weight is 250 g/mol. The van der Waals surface area contributed by atoms with Gasteiger partial charge in [0.2, 0.25) is 0 Å². The number of hydrogen-bond acceptors (Lipinski definition) is 1. The first kappa shape index (κ1) is 12.2. The highest BCUT2D eigenvalue weighted by Crippen LogP contribution is 2.33. The van der Waals surface area contributed by atoms with Crippen LogP contribution in [0.3, 0.4) is 0 Å². The Morgan fingerprint density at radius 1 is 0.947 bits per heavy atom. The van der Waals surface area contributed by atoms with E-state index in [0.717, 1.165) is 24.0 Å². The van der Waals surface area contributed by atoms with Crippen LogP contribution < -0.4 is 0 Å². The lowest BCUT2D eigenvalue weighted by Crippen LogP contribution is -2.21. The molecule has 0 N–H and O–H groups in total. The first-order valence-corrected chi connectivity index (χ1v) is 6.85. The molecule has 1 atom stereocenters. The van der Waals surface area contributed by atoms with Crippen molar-refractivity contribution in [1.82, 2.24) is 0 Å². The Kier molecular flexibility index (Phi) is 2.98. The summed E-state index contributed by atoms with van der Waals surface area (Å²) in [5.74, 6) is 0.320. The molecule has 0 aromatic heterocycles. The van der Waals surface area contributed by atoms with Crippen LogP contribution in [0, 0.1) is 13.8 Å². The summed E-state index contributed by atoms with van der Waals surface area (Å²) in [5.41, 5.74) is 5.76. The molecule has 0 amide bonds. The van der Waals surface area contributed by atoms with Crippen LogP contribution in [-0.2, 0) is 6.42 Å². The Labute approximate surface area is 114 Å². The molecular weight excluding hydrogens is 232 g/mol. The van der Waals surface area contributed by atoms with Gasteiger partial charge in [-0.3, -0.25) is 4.79 Å². The second-order valence-electron chi connectivity index (χ2n) is 5.53. The molecule has 1 unspecified atom stereocenters. The molecule has 1 heteroatoms. The van der Waals surface area contributed by atoms with Gasteiger partial charge in [-0.1, -0.05) is 53.6 Å². The summed E-state index contributed by atoms with van der Waals surface area (Å²) in [6.07, 6.45) is 1.93. The maximum absolute atomic E-state index is 12.6. The number of rotatable bonds is 1. The van der Waals surface area contributed by atoms with Crippen molar-refractivity contribution < 1.29 is 4.79 Å². The first-order valence-electron chi connectivity index (χ1n) is 6.85. The van der Waals surface area contributed by atoms with E-state index in [2.05, 4.69) is 44.2 Å². The monoisotopic (exact) mass is 250 g/mol. The van der Waals surface area contributed by atoms with Crippen LogP contribution in [0.4, 0.5) is 0 Å². The van der Waals surface area contributed by atoms with Crippen LogP contribution in [-0.4, -0.2) is 5.78 Å². The highest BCUT2D eigenvalue weighted by atomic mass is 16.1. The van der Waals surface area contributed by atoms with Crippen LogP contribution in [0.2, 0.25) is 0 Å². The molecule has 2 aromatic carbocycles. The van der Waals surface area contributed by atoms with E-state index in [-0.39, 0.29) is 11.7 Å². The fourth-order valence-electron chi connectivity index (χ4n) is 2.91. The fourth-order valence-corrected chi connectivity index (χ4v) is 2.91. The first-order chi connectivity index (χ1) is 9.15. The molecule has 0 fully saturated rings. The van der Waals surface area contributed by atoms with E-state index < -0.39 is 0 Å². The second kappa shape index (κ2) is 4.65. The maximum Gasteiger partial charge on any atom is 0.170 e. The molecule has 0 spiro atoms. The zero-order valence-corrected chi connectivity index (χ0v) is 11.4. The summed E-state index contributed by atoms with van der Waals surface area (Å²) in [6, 6.07) is 14.6. The quantitative estimate of drug-likeness (QED) is 0.740. The average Bonchev–Trinajstić information content (AvgIpc) is 2.40. The van der Waals surface area contributed by atoms with Crippen molar-refractivity contribution in [2.24, 2.45) is 0 Å². The summed E-state index contributed by atoms with van der Waals surface area (Å²) in [5, 5.41) is 0. The molecule has 3 rings (SSSR count). The minimum atomic E-state index is 0.0378. The van der Waals surface area contributed by atoms with Crippen molar-refractivity contribution >= 4 is 5.78 Å². The van der Waals surface area contributed by atoms with Crippen LogP contribution in [0.15, 0.2) is 42.5 Å². The van der Waals surface area contributed by atoms with Crippen molar-refractivity contribution in [3.8, 4) is 0 Å². The lowest BCUT2D eigenvalue weighted by atomic mass is 9.78. The number of ketones is 1. The van der Waals surface area contributed by atoms with E-state index in [1.54, 1.807) is 0 Å². The summed E-state index contributed by atoms with van der Waals surface area (Å²) in [4.78, 5) is 12.6. The number of fused-ring (bicyclic) bond motifs is 1. The fraction of sp³-hybridized carbons (Fsp3) is 0.278. The number of benzene rings is 2. The molecule has 96 valence electrons. The third-order valence-electron chi connectivity index (χ3n) is 4.02. The lowest BCUT2D eigenvalue weighted by Gasteiger charge is -2.24. The largest absolute Gasteiger partial charge is 0.293 e. The number of carbonyl (C=O) groups excluding carboxylic acids is 1. The molecule has 1 nitrogen and oxygen atoms in total. The molecule has 0 bridgehead atoms. The summed E-state index contributed by atoms with van der Waals surface area (Å²) in [6.45, 7) is 4.15. The molecule has 1 aliphatic carbocycles.